The van der Waals surface area contributed by atoms with Crippen LogP contribution < -0.4 is 10.6 Å². The second-order valence-corrected chi connectivity index (χ2v) is 5.61. The molecule has 1 fully saturated rings. The highest BCUT2D eigenvalue weighted by molar-refractivity contribution is 14.0. The third-order valence-corrected chi connectivity index (χ3v) is 4.32. The summed E-state index contributed by atoms with van der Waals surface area (Å²) >= 11 is 0. The molecule has 0 unspecified atom stereocenters. The summed E-state index contributed by atoms with van der Waals surface area (Å²) in [5.41, 5.74) is 0.487. The molecule has 0 saturated heterocycles. The lowest BCUT2D eigenvalue weighted by atomic mass is 9.67. The summed E-state index contributed by atoms with van der Waals surface area (Å²) in [6, 6.07) is 0. The van der Waals surface area contributed by atoms with Crippen LogP contribution in [0.25, 0.3) is 0 Å². The molecule has 0 amide bonds. The summed E-state index contributed by atoms with van der Waals surface area (Å²) in [7, 11) is 1.94. The molecule has 21 heavy (non-hydrogen) atoms. The minimum atomic E-state index is 0. The highest BCUT2D eigenvalue weighted by atomic mass is 127. The summed E-state index contributed by atoms with van der Waals surface area (Å²) in [5.74, 6) is 1.74. The molecular weight excluding hydrogens is 379 g/mol. The van der Waals surface area contributed by atoms with E-state index in [9.17, 15) is 0 Å². The van der Waals surface area contributed by atoms with Gasteiger partial charge in [-0.3, -0.25) is 0 Å². The van der Waals surface area contributed by atoms with Gasteiger partial charge >= 0.3 is 0 Å². The number of aryl methyl sites for hydroxylation is 1. The van der Waals surface area contributed by atoms with Crippen molar-refractivity contribution in [3.63, 3.8) is 0 Å². The molecule has 6 nitrogen and oxygen atoms in total. The molecule has 0 bridgehead atoms. The number of halogens is 1. The number of nitrogens with zero attached hydrogens (tertiary/aromatic N) is 4. The van der Waals surface area contributed by atoms with Crippen molar-refractivity contribution in [2.45, 2.75) is 46.1 Å². The highest BCUT2D eigenvalue weighted by Gasteiger charge is 2.34. The molecule has 2 rings (SSSR count). The molecular formula is C14H27IN6. The van der Waals surface area contributed by atoms with E-state index in [4.69, 9.17) is 0 Å². The monoisotopic (exact) mass is 406 g/mol. The number of nitrogens with one attached hydrogen (secondary N) is 2. The van der Waals surface area contributed by atoms with Crippen LogP contribution in [0, 0.1) is 5.41 Å². The smallest absolute Gasteiger partial charge is 0.191 e. The molecule has 7 heteroatoms. The van der Waals surface area contributed by atoms with E-state index < -0.39 is 0 Å². The van der Waals surface area contributed by atoms with Crippen molar-refractivity contribution in [3.8, 4) is 0 Å². The maximum atomic E-state index is 4.58. The Labute approximate surface area is 144 Å². The maximum Gasteiger partial charge on any atom is 0.191 e. The second kappa shape index (κ2) is 8.55. The quantitative estimate of drug-likeness (QED) is 0.431. The largest absolute Gasteiger partial charge is 0.357 e. The van der Waals surface area contributed by atoms with Gasteiger partial charge in [0.15, 0.2) is 11.8 Å². The molecule has 0 aromatic carbocycles. The molecule has 0 radical (unpaired) electrons. The zero-order valence-corrected chi connectivity index (χ0v) is 15.6. The molecule has 0 spiro atoms. The van der Waals surface area contributed by atoms with Gasteiger partial charge in [-0.05, 0) is 31.6 Å². The number of hydrogen-bond acceptors (Lipinski definition) is 3. The Kier molecular flexibility index (Phi) is 7.41. The Morgan fingerprint density at radius 1 is 1.38 bits per heavy atom. The van der Waals surface area contributed by atoms with E-state index in [0.29, 0.717) is 12.0 Å². The zero-order valence-electron chi connectivity index (χ0n) is 13.2. The van der Waals surface area contributed by atoms with Gasteiger partial charge in [0.1, 0.15) is 12.9 Å². The van der Waals surface area contributed by atoms with Gasteiger partial charge in [-0.25, -0.2) is 4.99 Å². The Morgan fingerprint density at radius 3 is 2.62 bits per heavy atom. The fourth-order valence-electron chi connectivity index (χ4n) is 2.55. The number of guanidine groups is 1. The predicted octanol–water partition coefficient (Wildman–Crippen LogP) is 2.07. The Morgan fingerprint density at radius 2 is 2.14 bits per heavy atom. The first-order valence-electron chi connectivity index (χ1n) is 7.54. The fraction of sp³-hybridized carbons (Fsp3) is 0.786. The summed E-state index contributed by atoms with van der Waals surface area (Å²) in [6.07, 6.45) is 6.97. The van der Waals surface area contributed by atoms with Crippen molar-refractivity contribution in [3.05, 3.63) is 12.2 Å². The fourth-order valence-corrected chi connectivity index (χ4v) is 2.55. The van der Waals surface area contributed by atoms with E-state index in [-0.39, 0.29) is 24.0 Å². The van der Waals surface area contributed by atoms with E-state index in [2.05, 4.69) is 39.7 Å². The molecule has 1 aromatic heterocycles. The lowest BCUT2D eigenvalue weighted by Crippen LogP contribution is -2.46. The number of hydrogen-bond donors (Lipinski definition) is 2. The first kappa shape index (κ1) is 18.2. The number of aromatic nitrogens is 3. The first-order valence-corrected chi connectivity index (χ1v) is 7.54. The Bertz CT molecular complexity index is 447. The zero-order chi connectivity index (χ0) is 14.4. The summed E-state index contributed by atoms with van der Waals surface area (Å²) < 4.78 is 1.90. The van der Waals surface area contributed by atoms with Crippen LogP contribution in [0.3, 0.4) is 0 Å². The molecule has 1 aliphatic carbocycles. The Hall–Kier alpha value is -0.860. The topological polar surface area (TPSA) is 67.1 Å². The van der Waals surface area contributed by atoms with E-state index >= 15 is 0 Å². The van der Waals surface area contributed by atoms with Crippen LogP contribution in [0.15, 0.2) is 11.3 Å². The van der Waals surface area contributed by atoms with Gasteiger partial charge in [0.05, 0.1) is 0 Å². The average molecular weight is 406 g/mol. The molecule has 120 valence electrons. The SMILES string of the molecule is CCNC(=NCc1nncn1C)NCC1(CC)CCC1.I. The van der Waals surface area contributed by atoms with Gasteiger partial charge in [-0.15, -0.1) is 34.2 Å². The van der Waals surface area contributed by atoms with Crippen LogP contribution in [-0.4, -0.2) is 33.8 Å². The standard InChI is InChI=1S/C14H26N6.HI/c1-4-14(7-6-8-14)10-17-13(15-5-2)16-9-12-19-18-11-20(12)3;/h11H,4-10H2,1-3H3,(H2,15,16,17);1H. The van der Waals surface area contributed by atoms with Crippen LogP contribution in [0.1, 0.15) is 45.4 Å². The van der Waals surface area contributed by atoms with E-state index in [1.807, 2.05) is 11.6 Å². The number of aliphatic imine (C=N–C) groups is 1. The minimum absolute atomic E-state index is 0. The van der Waals surface area contributed by atoms with Crippen LogP contribution in [-0.2, 0) is 13.6 Å². The summed E-state index contributed by atoms with van der Waals surface area (Å²) in [4.78, 5) is 4.58. The molecule has 2 N–H and O–H groups in total. The van der Waals surface area contributed by atoms with Crippen LogP contribution in [0.5, 0.6) is 0 Å². The maximum absolute atomic E-state index is 4.58. The first-order chi connectivity index (χ1) is 9.69. The van der Waals surface area contributed by atoms with Crippen molar-refractivity contribution in [2.75, 3.05) is 13.1 Å². The minimum Gasteiger partial charge on any atom is -0.357 e. The molecule has 0 atom stereocenters. The molecule has 1 heterocycles. The molecule has 0 aliphatic heterocycles. The lowest BCUT2D eigenvalue weighted by molar-refractivity contribution is 0.131. The van der Waals surface area contributed by atoms with E-state index in [1.165, 1.54) is 25.7 Å². The number of rotatable bonds is 6. The second-order valence-electron chi connectivity index (χ2n) is 5.61. The van der Waals surface area contributed by atoms with Gasteiger partial charge in [-0.1, -0.05) is 13.3 Å². The van der Waals surface area contributed by atoms with Crippen LogP contribution >= 0.6 is 24.0 Å². The van der Waals surface area contributed by atoms with Gasteiger partial charge < -0.3 is 15.2 Å². The van der Waals surface area contributed by atoms with Gasteiger partial charge in [-0.2, -0.15) is 0 Å². The third-order valence-electron chi connectivity index (χ3n) is 4.32. The molecule has 1 saturated carbocycles. The van der Waals surface area contributed by atoms with E-state index in [1.54, 1.807) is 6.33 Å². The summed E-state index contributed by atoms with van der Waals surface area (Å²) in [6.45, 7) is 6.78. The third kappa shape index (κ3) is 4.82. The normalized spacial score (nSPS) is 16.8. The van der Waals surface area contributed by atoms with E-state index in [0.717, 1.165) is 24.9 Å². The average Bonchev–Trinajstić information content (AvgIpc) is 2.80. The van der Waals surface area contributed by atoms with Crippen LogP contribution in [0.2, 0.25) is 0 Å². The van der Waals surface area contributed by atoms with Gasteiger partial charge in [0, 0.05) is 20.1 Å². The lowest BCUT2D eigenvalue weighted by Gasteiger charge is -2.41. The molecule has 1 aromatic rings. The van der Waals surface area contributed by atoms with Gasteiger partial charge in [0.2, 0.25) is 0 Å². The van der Waals surface area contributed by atoms with Crippen molar-refractivity contribution < 1.29 is 0 Å². The van der Waals surface area contributed by atoms with Crippen molar-refractivity contribution in [1.82, 2.24) is 25.4 Å². The molecule has 1 aliphatic rings. The predicted molar refractivity (Wildman–Crippen MR) is 95.8 cm³/mol. The van der Waals surface area contributed by atoms with Crippen LogP contribution in [0.4, 0.5) is 0 Å². The Balaban J connectivity index is 0.00000220. The highest BCUT2D eigenvalue weighted by Crippen LogP contribution is 2.42. The summed E-state index contributed by atoms with van der Waals surface area (Å²) in [5, 5.41) is 14.7. The van der Waals surface area contributed by atoms with Crippen molar-refractivity contribution in [2.24, 2.45) is 17.5 Å². The van der Waals surface area contributed by atoms with Crippen molar-refractivity contribution >= 4 is 29.9 Å². The van der Waals surface area contributed by atoms with Crippen molar-refractivity contribution in [1.29, 1.82) is 0 Å². The van der Waals surface area contributed by atoms with Gasteiger partial charge in [0.25, 0.3) is 0 Å².